The summed E-state index contributed by atoms with van der Waals surface area (Å²) in [5.41, 5.74) is 1.18. The van der Waals surface area contributed by atoms with Gasteiger partial charge in [0.2, 0.25) is 0 Å². The van der Waals surface area contributed by atoms with Crippen LogP contribution in [-0.2, 0) is 6.18 Å². The van der Waals surface area contributed by atoms with Gasteiger partial charge in [0.1, 0.15) is 11.6 Å². The molecular weight excluding hydrogens is 391 g/mol. The Kier molecular flexibility index (Phi) is 5.69. The van der Waals surface area contributed by atoms with Crippen molar-refractivity contribution in [2.45, 2.75) is 20.0 Å². The molecule has 0 saturated carbocycles. The highest BCUT2D eigenvalue weighted by atomic mass is 35.5. The Balaban J connectivity index is 1.62. The van der Waals surface area contributed by atoms with Crippen molar-refractivity contribution in [1.82, 2.24) is 14.9 Å². The third-order valence-electron chi connectivity index (χ3n) is 4.48. The number of nitrogens with one attached hydrogen (secondary N) is 1. The molecule has 1 aliphatic heterocycles. The van der Waals surface area contributed by atoms with Crippen molar-refractivity contribution < 1.29 is 13.2 Å². The number of alkyl halides is 3. The lowest BCUT2D eigenvalue weighted by Crippen LogP contribution is -2.47. The second-order valence-electron chi connectivity index (χ2n) is 6.74. The van der Waals surface area contributed by atoms with Crippen molar-refractivity contribution in [1.29, 1.82) is 0 Å². The Morgan fingerprint density at radius 1 is 1.14 bits per heavy atom. The third-order valence-corrected chi connectivity index (χ3v) is 4.76. The Bertz CT molecular complexity index is 856. The molecule has 1 fully saturated rings. The number of nitrogens with zero attached hydrogens (tertiary/aromatic N) is 4. The highest BCUT2D eigenvalue weighted by molar-refractivity contribution is 6.33. The summed E-state index contributed by atoms with van der Waals surface area (Å²) >= 11 is 6.05. The van der Waals surface area contributed by atoms with Gasteiger partial charge in [-0.05, 0) is 37.6 Å². The molecule has 3 heterocycles. The topological polar surface area (TPSA) is 44.3 Å². The second-order valence-corrected chi connectivity index (χ2v) is 7.15. The van der Waals surface area contributed by atoms with Gasteiger partial charge in [-0.1, -0.05) is 18.2 Å². The van der Waals surface area contributed by atoms with Crippen LogP contribution in [-0.4, -0.2) is 41.0 Å². The first-order chi connectivity index (χ1) is 13.1. The summed E-state index contributed by atoms with van der Waals surface area (Å²) in [6, 6.07) is 4.86. The van der Waals surface area contributed by atoms with Crippen LogP contribution in [0.25, 0.3) is 0 Å². The fraction of sp³-hybridized carbons (Fsp3) is 0.368. The molecule has 5 nitrogen and oxygen atoms in total. The number of rotatable bonds is 4. The van der Waals surface area contributed by atoms with Crippen molar-refractivity contribution in [2.24, 2.45) is 0 Å². The van der Waals surface area contributed by atoms with Crippen LogP contribution in [0.3, 0.4) is 0 Å². The van der Waals surface area contributed by atoms with E-state index in [1.54, 1.807) is 0 Å². The maximum Gasteiger partial charge on any atom is 0.417 e. The van der Waals surface area contributed by atoms with Crippen LogP contribution in [0.1, 0.15) is 16.8 Å². The molecule has 1 saturated heterocycles. The van der Waals surface area contributed by atoms with Crippen LogP contribution in [0, 0.1) is 13.8 Å². The first-order valence-electron chi connectivity index (χ1n) is 8.77. The summed E-state index contributed by atoms with van der Waals surface area (Å²) in [7, 11) is 0. The third kappa shape index (κ3) is 4.67. The molecule has 2 aromatic heterocycles. The molecule has 0 radical (unpaired) electrons. The van der Waals surface area contributed by atoms with Crippen molar-refractivity contribution >= 4 is 23.2 Å². The second kappa shape index (κ2) is 7.87. The minimum Gasteiger partial charge on any atom is -0.355 e. The van der Waals surface area contributed by atoms with Crippen LogP contribution in [0.5, 0.6) is 0 Å². The largest absolute Gasteiger partial charge is 0.417 e. The van der Waals surface area contributed by atoms with Crippen LogP contribution < -0.4 is 10.2 Å². The first kappa shape index (κ1) is 20.3. The Hall–Kier alpha value is -2.48. The van der Waals surface area contributed by atoms with Crippen LogP contribution in [0.4, 0.5) is 24.8 Å². The molecule has 0 bridgehead atoms. The zero-order chi connectivity index (χ0) is 20.5. The van der Waals surface area contributed by atoms with Crippen molar-refractivity contribution in [3.8, 4) is 0 Å². The van der Waals surface area contributed by atoms with Gasteiger partial charge in [0.05, 0.1) is 16.4 Å². The lowest BCUT2D eigenvalue weighted by Gasteiger charge is -2.37. The fourth-order valence-electron chi connectivity index (χ4n) is 3.14. The smallest absolute Gasteiger partial charge is 0.355 e. The summed E-state index contributed by atoms with van der Waals surface area (Å²) in [4.78, 5) is 12.3. The van der Waals surface area contributed by atoms with Gasteiger partial charge in [-0.15, -0.1) is 0 Å². The van der Waals surface area contributed by atoms with Crippen molar-refractivity contribution in [2.75, 3.05) is 36.4 Å². The van der Waals surface area contributed by atoms with Gasteiger partial charge in [0.25, 0.3) is 0 Å². The highest BCUT2D eigenvalue weighted by Crippen LogP contribution is 2.33. The molecular formula is C19H21ClF3N5. The molecule has 3 rings (SSSR count). The summed E-state index contributed by atoms with van der Waals surface area (Å²) < 4.78 is 38.3. The minimum atomic E-state index is -4.46. The highest BCUT2D eigenvalue weighted by Gasteiger charge is 2.32. The SMILES string of the molecule is C=C(Nc1cc(C)cc(C)n1)N1CCN(c2ncc(C(F)(F)F)cc2Cl)CC1. The predicted octanol–water partition coefficient (Wildman–Crippen LogP) is 4.47. The minimum absolute atomic E-state index is 0.000312. The molecule has 1 aliphatic rings. The standard InChI is InChI=1S/C19H21ClF3N5/c1-12-8-13(2)25-17(9-12)26-14(3)27-4-6-28(7-5-27)18-16(20)10-15(11-24-18)19(21,22)23/h8-11H,3-7H2,1-2H3,(H,25,26). The zero-order valence-corrected chi connectivity index (χ0v) is 16.4. The lowest BCUT2D eigenvalue weighted by atomic mass is 10.2. The van der Waals surface area contributed by atoms with Crippen molar-refractivity contribution in [3.63, 3.8) is 0 Å². The number of pyridine rings is 2. The van der Waals surface area contributed by atoms with Gasteiger partial charge < -0.3 is 15.1 Å². The molecule has 0 amide bonds. The van der Waals surface area contributed by atoms with E-state index < -0.39 is 11.7 Å². The van der Waals surface area contributed by atoms with E-state index in [-0.39, 0.29) is 5.02 Å². The zero-order valence-electron chi connectivity index (χ0n) is 15.6. The summed E-state index contributed by atoms with van der Waals surface area (Å²) in [5.74, 6) is 1.82. The molecule has 9 heteroatoms. The van der Waals surface area contributed by atoms with E-state index in [0.29, 0.717) is 32.0 Å². The molecule has 150 valence electrons. The molecule has 0 unspecified atom stereocenters. The molecule has 1 N–H and O–H groups in total. The fourth-order valence-corrected chi connectivity index (χ4v) is 3.42. The normalized spacial score (nSPS) is 14.9. The average Bonchev–Trinajstić information content (AvgIpc) is 2.60. The molecule has 0 aliphatic carbocycles. The van der Waals surface area contributed by atoms with Crippen LogP contribution >= 0.6 is 11.6 Å². The monoisotopic (exact) mass is 411 g/mol. The number of halogens is 4. The number of piperazine rings is 1. The number of aromatic nitrogens is 2. The van der Waals surface area contributed by atoms with Gasteiger partial charge in [0.15, 0.2) is 0 Å². The molecule has 0 spiro atoms. The maximum absolute atomic E-state index is 12.8. The van der Waals surface area contributed by atoms with Crippen LogP contribution in [0.15, 0.2) is 36.8 Å². The average molecular weight is 412 g/mol. The Morgan fingerprint density at radius 2 is 1.82 bits per heavy atom. The van der Waals surface area contributed by atoms with E-state index in [0.717, 1.165) is 35.2 Å². The number of hydrogen-bond acceptors (Lipinski definition) is 5. The maximum atomic E-state index is 12.8. The molecule has 2 aromatic rings. The van der Waals surface area contributed by atoms with Crippen molar-refractivity contribution in [3.05, 3.63) is 58.6 Å². The Morgan fingerprint density at radius 3 is 2.39 bits per heavy atom. The summed E-state index contributed by atoms with van der Waals surface area (Å²) in [6.07, 6.45) is -3.64. The van der Waals surface area contributed by atoms with Gasteiger partial charge >= 0.3 is 6.18 Å². The van der Waals surface area contributed by atoms with Gasteiger partial charge in [-0.25, -0.2) is 9.97 Å². The van der Waals surface area contributed by atoms with Gasteiger partial charge in [0, 0.05) is 38.1 Å². The lowest BCUT2D eigenvalue weighted by molar-refractivity contribution is -0.137. The van der Waals surface area contributed by atoms with Gasteiger partial charge in [-0.3, -0.25) is 0 Å². The van der Waals surface area contributed by atoms with Crippen LogP contribution in [0.2, 0.25) is 5.02 Å². The van der Waals surface area contributed by atoms with E-state index in [9.17, 15) is 13.2 Å². The van der Waals surface area contributed by atoms with E-state index in [1.165, 1.54) is 0 Å². The predicted molar refractivity (Wildman–Crippen MR) is 105 cm³/mol. The van der Waals surface area contributed by atoms with E-state index in [2.05, 4.69) is 26.8 Å². The van der Waals surface area contributed by atoms with E-state index in [1.807, 2.05) is 30.9 Å². The Labute approximate surface area is 166 Å². The summed E-state index contributed by atoms with van der Waals surface area (Å²) in [5, 5.41) is 3.22. The number of hydrogen-bond donors (Lipinski definition) is 1. The number of aryl methyl sites for hydroxylation is 2. The first-order valence-corrected chi connectivity index (χ1v) is 9.15. The number of anilines is 2. The van der Waals surface area contributed by atoms with E-state index in [4.69, 9.17) is 11.6 Å². The molecule has 28 heavy (non-hydrogen) atoms. The molecule has 0 atom stereocenters. The summed E-state index contributed by atoms with van der Waals surface area (Å²) in [6.45, 7) is 10.4. The van der Waals surface area contributed by atoms with E-state index >= 15 is 0 Å². The quantitative estimate of drug-likeness (QED) is 0.804. The van der Waals surface area contributed by atoms with Gasteiger partial charge in [-0.2, -0.15) is 13.2 Å². The molecule has 0 aromatic carbocycles.